The highest BCUT2D eigenvalue weighted by Crippen LogP contribution is 2.47. The van der Waals surface area contributed by atoms with Crippen molar-refractivity contribution in [1.82, 2.24) is 6.15 Å². The third kappa shape index (κ3) is 12.2. The summed E-state index contributed by atoms with van der Waals surface area (Å²) in [6, 6.07) is 0. The monoisotopic (exact) mass is 563 g/mol. The Hall–Kier alpha value is -0.770. The summed E-state index contributed by atoms with van der Waals surface area (Å²) in [6.45, 7) is -1.13. The molecule has 0 radical (unpaired) electrons. The summed E-state index contributed by atoms with van der Waals surface area (Å²) in [4.78, 5) is 34.5. The van der Waals surface area contributed by atoms with Crippen LogP contribution < -0.4 is 6.15 Å². The van der Waals surface area contributed by atoms with Crippen LogP contribution in [0.25, 0.3) is 0 Å². The molecule has 1 fully saturated rings. The minimum Gasteiger partial charge on any atom is -0.462 e. The van der Waals surface area contributed by atoms with Gasteiger partial charge in [0.25, 0.3) is 0 Å². The molecule has 0 spiro atoms. The molecule has 8 atom stereocenters. The second kappa shape index (κ2) is 17.7. The molecule has 9 N–H and O–H groups in total. The van der Waals surface area contributed by atoms with Gasteiger partial charge in [0.15, 0.2) is 6.10 Å². The Morgan fingerprint density at radius 1 is 0.806 bits per heavy atom. The summed E-state index contributed by atoms with van der Waals surface area (Å²) in [5.74, 6) is -1.04. The smallest absolute Gasteiger partial charge is 0.325 e. The summed E-state index contributed by atoms with van der Waals surface area (Å²) < 4.78 is 20.7. The molecule has 1 aliphatic rings. The van der Waals surface area contributed by atoms with Crippen molar-refractivity contribution in [3.8, 4) is 0 Å². The Kier molecular flexibility index (Phi) is 17.3. The highest BCUT2D eigenvalue weighted by atomic mass is 32.5. The van der Waals surface area contributed by atoms with E-state index in [4.69, 9.17) is 30.3 Å². The van der Waals surface area contributed by atoms with Gasteiger partial charge in [-0.25, -0.2) is 0 Å². The molecule has 13 nitrogen and oxygen atoms in total. The minimum atomic E-state index is -4.22. The van der Waals surface area contributed by atoms with Gasteiger partial charge in [-0.1, -0.05) is 39.5 Å². The van der Waals surface area contributed by atoms with Crippen molar-refractivity contribution in [3.63, 3.8) is 0 Å². The first kappa shape index (κ1) is 35.2. The van der Waals surface area contributed by atoms with Crippen molar-refractivity contribution < 1.29 is 58.5 Å². The summed E-state index contributed by atoms with van der Waals surface area (Å²) in [7, 11) is 0. The maximum absolute atomic E-state index is 12.1. The van der Waals surface area contributed by atoms with Gasteiger partial charge in [0.05, 0.1) is 6.61 Å². The lowest BCUT2D eigenvalue weighted by atomic mass is 9.85. The number of unbranched alkanes of at least 4 members (excludes halogenated alkanes) is 4. The van der Waals surface area contributed by atoms with E-state index < -0.39 is 68.0 Å². The van der Waals surface area contributed by atoms with Gasteiger partial charge in [-0.2, -0.15) is 0 Å². The third-order valence-corrected chi connectivity index (χ3v) is 7.01. The van der Waals surface area contributed by atoms with E-state index in [0.29, 0.717) is 12.8 Å². The predicted molar refractivity (Wildman–Crippen MR) is 132 cm³/mol. The Labute approximate surface area is 216 Å². The molecular weight excluding hydrogens is 521 g/mol. The van der Waals surface area contributed by atoms with E-state index in [1.807, 2.05) is 13.8 Å². The molecule has 214 valence electrons. The van der Waals surface area contributed by atoms with Crippen LogP contribution in [0.2, 0.25) is 0 Å². The van der Waals surface area contributed by atoms with E-state index in [1.54, 1.807) is 0 Å². The lowest BCUT2D eigenvalue weighted by Gasteiger charge is -2.42. The molecule has 0 bridgehead atoms. The average molecular weight is 564 g/mol. The van der Waals surface area contributed by atoms with Gasteiger partial charge < -0.3 is 50.6 Å². The Morgan fingerprint density at radius 2 is 1.28 bits per heavy atom. The molecule has 1 saturated carbocycles. The Balaban J connectivity index is 0.0000122. The zero-order chi connectivity index (χ0) is 26.6. The highest BCUT2D eigenvalue weighted by Gasteiger charge is 2.50. The van der Waals surface area contributed by atoms with Gasteiger partial charge in [-0.05, 0) is 24.6 Å². The molecule has 0 heterocycles. The first-order valence-electron chi connectivity index (χ1n) is 11.8. The fourth-order valence-electron chi connectivity index (χ4n) is 3.34. The normalized spacial score (nSPS) is 28.4. The molecule has 3 unspecified atom stereocenters. The van der Waals surface area contributed by atoms with Crippen LogP contribution >= 0.6 is 6.72 Å². The van der Waals surface area contributed by atoms with Crippen LogP contribution in [-0.2, 0) is 39.9 Å². The summed E-state index contributed by atoms with van der Waals surface area (Å²) in [5, 5.41) is 49.4. The quantitative estimate of drug-likeness (QED) is 0.0756. The lowest BCUT2D eigenvalue weighted by molar-refractivity contribution is -0.218. The number of aliphatic hydroxyl groups excluding tert-OH is 5. The van der Waals surface area contributed by atoms with E-state index in [1.165, 1.54) is 0 Å². The summed E-state index contributed by atoms with van der Waals surface area (Å²) >= 11 is 4.89. The highest BCUT2D eigenvalue weighted by molar-refractivity contribution is 8.07. The first-order valence-corrected chi connectivity index (χ1v) is 14.4. The molecular formula is C21H42NO12PS. The molecule has 0 aliphatic heterocycles. The zero-order valence-electron chi connectivity index (χ0n) is 20.8. The molecule has 0 amide bonds. The molecule has 0 aromatic rings. The minimum absolute atomic E-state index is 0. The number of hydrogen-bond donors (Lipinski definition) is 7. The number of rotatable bonds is 16. The van der Waals surface area contributed by atoms with Crippen molar-refractivity contribution >= 4 is 30.5 Å². The number of esters is 2. The average Bonchev–Trinajstić information content (AvgIpc) is 2.81. The van der Waals surface area contributed by atoms with E-state index >= 15 is 0 Å². The van der Waals surface area contributed by atoms with Crippen molar-refractivity contribution in [1.29, 1.82) is 0 Å². The van der Waals surface area contributed by atoms with Crippen molar-refractivity contribution in [2.45, 2.75) is 108 Å². The van der Waals surface area contributed by atoms with Crippen LogP contribution in [0.3, 0.4) is 0 Å². The maximum Gasteiger partial charge on any atom is 0.325 e. The van der Waals surface area contributed by atoms with Gasteiger partial charge in [-0.15, -0.1) is 0 Å². The van der Waals surface area contributed by atoms with Gasteiger partial charge in [0, 0.05) is 12.8 Å². The second-order valence-corrected chi connectivity index (χ2v) is 11.3. The lowest BCUT2D eigenvalue weighted by Crippen LogP contribution is -2.64. The number of carbonyl (C=O) groups is 2. The molecule has 0 aromatic carbocycles. The van der Waals surface area contributed by atoms with E-state index in [-0.39, 0.29) is 25.6 Å². The number of hydrogen-bond acceptors (Lipinski definition) is 13. The Morgan fingerprint density at radius 3 is 1.78 bits per heavy atom. The van der Waals surface area contributed by atoms with Crippen LogP contribution in [0.15, 0.2) is 0 Å². The van der Waals surface area contributed by atoms with Crippen molar-refractivity contribution in [2.75, 3.05) is 13.2 Å². The summed E-state index contributed by atoms with van der Waals surface area (Å²) in [6.07, 6.45) is -7.17. The van der Waals surface area contributed by atoms with Crippen LogP contribution in [0.1, 0.15) is 65.2 Å². The number of ether oxygens (including phenoxy) is 2. The second-order valence-electron chi connectivity index (χ2n) is 8.50. The van der Waals surface area contributed by atoms with Gasteiger partial charge in [0.2, 0.25) is 0 Å². The number of carbonyl (C=O) groups excluding carboxylic acids is 2. The van der Waals surface area contributed by atoms with Gasteiger partial charge >= 0.3 is 18.7 Å². The molecule has 15 heteroatoms. The van der Waals surface area contributed by atoms with E-state index in [2.05, 4.69) is 0 Å². The predicted octanol–water partition coefficient (Wildman–Crippen LogP) is 0.201. The van der Waals surface area contributed by atoms with Crippen molar-refractivity contribution in [3.05, 3.63) is 0 Å². The molecule has 0 aromatic heterocycles. The summed E-state index contributed by atoms with van der Waals surface area (Å²) in [5.41, 5.74) is 0. The van der Waals surface area contributed by atoms with Gasteiger partial charge in [0.1, 0.15) is 43.2 Å². The van der Waals surface area contributed by atoms with Crippen LogP contribution in [-0.4, -0.2) is 98.3 Å². The number of aliphatic hydroxyl groups is 5. The van der Waals surface area contributed by atoms with Crippen LogP contribution in [0, 0.1) is 0 Å². The molecule has 1 aliphatic carbocycles. The topological polar surface area (TPSA) is 227 Å². The van der Waals surface area contributed by atoms with Crippen LogP contribution in [0.4, 0.5) is 0 Å². The van der Waals surface area contributed by atoms with E-state index in [0.717, 1.165) is 25.7 Å². The zero-order valence-corrected chi connectivity index (χ0v) is 22.5. The third-order valence-electron chi connectivity index (χ3n) is 5.45. The molecule has 0 saturated heterocycles. The standard InChI is InChI=1S/C21H39O12PS.H3N/c1-3-5-7-9-14(22)30-11-13(32-15(23)10-8-6-4-2)12-31-34(29,35)33-21-19(27)17(25)16(24)18(26)20(21)28;/h13,16-21,24-28H,3-12H2,1-2H3,(H,29,35);1H3/t13-,16?,17-,18+,19+,20+,21?,34?;/m0./s1. The van der Waals surface area contributed by atoms with Gasteiger partial charge in [-0.3, -0.25) is 14.1 Å². The Bertz CT molecular complexity index is 686. The van der Waals surface area contributed by atoms with Crippen LogP contribution in [0.5, 0.6) is 0 Å². The SMILES string of the molecule is CCCCCC(=O)OC[C@@H](COP(O)(=S)OC1[C@H](O)[C@H](O)C(O)[C@H](O)[C@H]1O)OC(=O)CCCCC.N. The fraction of sp³-hybridized carbons (Fsp3) is 0.905. The van der Waals surface area contributed by atoms with E-state index in [9.17, 15) is 40.0 Å². The maximum atomic E-state index is 12.1. The first-order chi connectivity index (χ1) is 16.4. The largest absolute Gasteiger partial charge is 0.462 e. The molecule has 1 rings (SSSR count). The fourth-order valence-corrected chi connectivity index (χ4v) is 4.79. The molecule has 36 heavy (non-hydrogen) atoms. The van der Waals surface area contributed by atoms with Crippen molar-refractivity contribution in [2.24, 2.45) is 0 Å².